The summed E-state index contributed by atoms with van der Waals surface area (Å²) in [5, 5.41) is 7.87. The number of carbonyl (C=O) groups is 1. The van der Waals surface area contributed by atoms with Crippen LogP contribution in [0.25, 0.3) is 16.7 Å². The van der Waals surface area contributed by atoms with Crippen molar-refractivity contribution in [2.75, 3.05) is 5.32 Å². The molecule has 0 aliphatic carbocycles. The van der Waals surface area contributed by atoms with Crippen molar-refractivity contribution >= 4 is 22.6 Å². The molecule has 4 rings (SSSR count). The van der Waals surface area contributed by atoms with Gasteiger partial charge in [0.05, 0.1) is 5.69 Å². The second kappa shape index (κ2) is 5.66. The zero-order valence-electron chi connectivity index (χ0n) is 12.9. The quantitative estimate of drug-likeness (QED) is 0.626. The van der Waals surface area contributed by atoms with E-state index in [2.05, 4.69) is 15.4 Å². The number of benzene rings is 2. The third-order valence-electron chi connectivity index (χ3n) is 3.86. The Balaban J connectivity index is 1.58. The van der Waals surface area contributed by atoms with E-state index in [0.717, 1.165) is 16.6 Å². The number of nitrogens with one attached hydrogen (secondary N) is 1. The standard InChI is InChI=1S/C18H14N4O2/c1-12-15-4-2-3-5-16(15)24-17(12)18(23)21-13-6-8-14(9-7-13)22-11-19-10-20-22/h2-11H,1H3,(H,21,23). The predicted molar refractivity (Wildman–Crippen MR) is 90.3 cm³/mol. The van der Waals surface area contributed by atoms with E-state index < -0.39 is 0 Å². The molecule has 0 saturated carbocycles. The second-order valence-electron chi connectivity index (χ2n) is 5.39. The average Bonchev–Trinajstić information content (AvgIpc) is 3.24. The smallest absolute Gasteiger partial charge is 0.291 e. The molecule has 0 aliphatic heterocycles. The number of carbonyl (C=O) groups excluding carboxylic acids is 1. The number of nitrogens with zero attached hydrogens (tertiary/aromatic N) is 3. The van der Waals surface area contributed by atoms with Crippen LogP contribution in [-0.2, 0) is 0 Å². The maximum atomic E-state index is 12.5. The molecule has 2 aromatic carbocycles. The number of amides is 1. The van der Waals surface area contributed by atoms with E-state index in [4.69, 9.17) is 4.42 Å². The molecular weight excluding hydrogens is 304 g/mol. The number of aromatic nitrogens is 3. The van der Waals surface area contributed by atoms with E-state index in [1.54, 1.807) is 11.0 Å². The van der Waals surface area contributed by atoms with Gasteiger partial charge in [0, 0.05) is 16.6 Å². The zero-order valence-corrected chi connectivity index (χ0v) is 12.9. The summed E-state index contributed by atoms with van der Waals surface area (Å²) in [6.45, 7) is 1.88. The SMILES string of the molecule is Cc1c(C(=O)Nc2ccc(-n3cncn3)cc2)oc2ccccc12. The molecule has 2 aromatic heterocycles. The highest BCUT2D eigenvalue weighted by Gasteiger charge is 2.17. The Morgan fingerprint density at radius 3 is 2.62 bits per heavy atom. The molecule has 6 heteroatoms. The van der Waals surface area contributed by atoms with Crippen molar-refractivity contribution in [2.24, 2.45) is 0 Å². The third kappa shape index (κ3) is 2.44. The van der Waals surface area contributed by atoms with Crippen molar-refractivity contribution in [3.8, 4) is 5.69 Å². The number of hydrogen-bond acceptors (Lipinski definition) is 4. The molecule has 1 N–H and O–H groups in total. The van der Waals surface area contributed by atoms with Gasteiger partial charge in [0.15, 0.2) is 5.76 Å². The summed E-state index contributed by atoms with van der Waals surface area (Å²) in [5.74, 6) is 0.0637. The van der Waals surface area contributed by atoms with Gasteiger partial charge in [-0.2, -0.15) is 5.10 Å². The van der Waals surface area contributed by atoms with Crippen molar-refractivity contribution in [3.05, 3.63) is 72.5 Å². The Bertz CT molecular complexity index is 1000. The van der Waals surface area contributed by atoms with Gasteiger partial charge in [0.2, 0.25) is 0 Å². The minimum Gasteiger partial charge on any atom is -0.451 e. The maximum absolute atomic E-state index is 12.5. The first-order valence-corrected chi connectivity index (χ1v) is 7.47. The summed E-state index contributed by atoms with van der Waals surface area (Å²) in [6.07, 6.45) is 3.09. The number of para-hydroxylation sites is 1. The normalized spacial score (nSPS) is 10.9. The largest absolute Gasteiger partial charge is 0.451 e. The molecule has 0 fully saturated rings. The van der Waals surface area contributed by atoms with Crippen LogP contribution in [-0.4, -0.2) is 20.7 Å². The summed E-state index contributed by atoms with van der Waals surface area (Å²) in [5.41, 5.74) is 3.10. The molecule has 0 atom stereocenters. The van der Waals surface area contributed by atoms with Crippen LogP contribution in [0.5, 0.6) is 0 Å². The fourth-order valence-electron chi connectivity index (χ4n) is 2.62. The Kier molecular flexibility index (Phi) is 3.35. The molecule has 0 spiro atoms. The number of rotatable bonds is 3. The number of furan rings is 1. The summed E-state index contributed by atoms with van der Waals surface area (Å²) in [7, 11) is 0. The van der Waals surface area contributed by atoms with Gasteiger partial charge in [-0.05, 0) is 37.3 Å². The Morgan fingerprint density at radius 1 is 1.12 bits per heavy atom. The second-order valence-corrected chi connectivity index (χ2v) is 5.39. The molecule has 2 heterocycles. The average molecular weight is 318 g/mol. The van der Waals surface area contributed by atoms with E-state index in [-0.39, 0.29) is 5.91 Å². The van der Waals surface area contributed by atoms with Crippen molar-refractivity contribution in [3.63, 3.8) is 0 Å². The van der Waals surface area contributed by atoms with Gasteiger partial charge >= 0.3 is 0 Å². The van der Waals surface area contributed by atoms with E-state index in [1.165, 1.54) is 6.33 Å². The third-order valence-corrected chi connectivity index (χ3v) is 3.86. The first-order valence-electron chi connectivity index (χ1n) is 7.47. The summed E-state index contributed by atoms with van der Waals surface area (Å²) in [4.78, 5) is 16.4. The van der Waals surface area contributed by atoms with Gasteiger partial charge in [-0.3, -0.25) is 4.79 Å². The Morgan fingerprint density at radius 2 is 1.92 bits per heavy atom. The highest BCUT2D eigenvalue weighted by Crippen LogP contribution is 2.25. The van der Waals surface area contributed by atoms with Crippen molar-refractivity contribution < 1.29 is 9.21 Å². The summed E-state index contributed by atoms with van der Waals surface area (Å²) >= 11 is 0. The monoisotopic (exact) mass is 318 g/mol. The van der Waals surface area contributed by atoms with Crippen LogP contribution in [0.2, 0.25) is 0 Å². The van der Waals surface area contributed by atoms with E-state index >= 15 is 0 Å². The van der Waals surface area contributed by atoms with Gasteiger partial charge in [0.25, 0.3) is 5.91 Å². The molecule has 0 aliphatic rings. The van der Waals surface area contributed by atoms with Crippen LogP contribution in [0.4, 0.5) is 5.69 Å². The number of anilines is 1. The van der Waals surface area contributed by atoms with Crippen LogP contribution >= 0.6 is 0 Å². The lowest BCUT2D eigenvalue weighted by Gasteiger charge is -2.05. The number of hydrogen-bond donors (Lipinski definition) is 1. The molecule has 0 radical (unpaired) electrons. The van der Waals surface area contributed by atoms with Crippen LogP contribution < -0.4 is 5.32 Å². The fourth-order valence-corrected chi connectivity index (χ4v) is 2.62. The van der Waals surface area contributed by atoms with Crippen molar-refractivity contribution in [2.45, 2.75) is 6.92 Å². The molecule has 6 nitrogen and oxygen atoms in total. The lowest BCUT2D eigenvalue weighted by atomic mass is 10.1. The van der Waals surface area contributed by atoms with Gasteiger partial charge < -0.3 is 9.73 Å². The van der Waals surface area contributed by atoms with Gasteiger partial charge in [-0.15, -0.1) is 0 Å². The number of fused-ring (bicyclic) bond motifs is 1. The van der Waals surface area contributed by atoms with Gasteiger partial charge in [0.1, 0.15) is 18.2 Å². The molecular formula is C18H14N4O2. The topological polar surface area (TPSA) is 73.0 Å². The van der Waals surface area contributed by atoms with Crippen LogP contribution in [0.3, 0.4) is 0 Å². The molecule has 4 aromatic rings. The molecule has 24 heavy (non-hydrogen) atoms. The maximum Gasteiger partial charge on any atom is 0.291 e. The summed E-state index contributed by atoms with van der Waals surface area (Å²) in [6, 6.07) is 14.9. The molecule has 1 amide bonds. The van der Waals surface area contributed by atoms with E-state index in [1.807, 2.05) is 55.5 Å². The van der Waals surface area contributed by atoms with E-state index in [0.29, 0.717) is 17.0 Å². The lowest BCUT2D eigenvalue weighted by molar-refractivity contribution is 0.0998. The van der Waals surface area contributed by atoms with Gasteiger partial charge in [-0.25, -0.2) is 9.67 Å². The van der Waals surface area contributed by atoms with E-state index in [9.17, 15) is 4.79 Å². The van der Waals surface area contributed by atoms with Crippen molar-refractivity contribution in [1.82, 2.24) is 14.8 Å². The predicted octanol–water partition coefficient (Wildman–Crippen LogP) is 3.57. The minimum absolute atomic E-state index is 0.266. The van der Waals surface area contributed by atoms with Gasteiger partial charge in [-0.1, -0.05) is 18.2 Å². The van der Waals surface area contributed by atoms with Crippen LogP contribution in [0, 0.1) is 6.92 Å². The molecule has 0 unspecified atom stereocenters. The Labute approximate surface area is 137 Å². The Hall–Kier alpha value is -3.41. The van der Waals surface area contributed by atoms with Crippen molar-refractivity contribution in [1.29, 1.82) is 0 Å². The minimum atomic E-state index is -0.266. The van der Waals surface area contributed by atoms with Crippen LogP contribution in [0.15, 0.2) is 65.6 Å². The zero-order chi connectivity index (χ0) is 16.5. The molecule has 0 bridgehead atoms. The lowest BCUT2D eigenvalue weighted by Crippen LogP contribution is -2.12. The highest BCUT2D eigenvalue weighted by atomic mass is 16.3. The number of aryl methyl sites for hydroxylation is 1. The highest BCUT2D eigenvalue weighted by molar-refractivity contribution is 6.06. The molecule has 118 valence electrons. The first kappa shape index (κ1) is 14.2. The molecule has 0 saturated heterocycles. The first-order chi connectivity index (χ1) is 11.7. The summed E-state index contributed by atoms with van der Waals surface area (Å²) < 4.78 is 7.33. The van der Waals surface area contributed by atoms with Crippen LogP contribution in [0.1, 0.15) is 16.1 Å². The fraction of sp³-hybridized carbons (Fsp3) is 0.0556.